The minimum Gasteiger partial charge on any atom is -0.481 e. The third kappa shape index (κ3) is 5.94. The van der Waals surface area contributed by atoms with Gasteiger partial charge in [0, 0.05) is 12.1 Å². The van der Waals surface area contributed by atoms with Gasteiger partial charge >= 0.3 is 12.0 Å². The maximum absolute atomic E-state index is 11.8. The van der Waals surface area contributed by atoms with Crippen LogP contribution in [0.25, 0.3) is 0 Å². The van der Waals surface area contributed by atoms with Gasteiger partial charge in [-0.15, -0.1) is 0 Å². The van der Waals surface area contributed by atoms with Gasteiger partial charge in [-0.2, -0.15) is 0 Å². The molecule has 3 atom stereocenters. The maximum atomic E-state index is 11.8. The van der Waals surface area contributed by atoms with Crippen LogP contribution in [-0.4, -0.2) is 29.2 Å². The lowest BCUT2D eigenvalue weighted by molar-refractivity contribution is -0.143. The van der Waals surface area contributed by atoms with Crippen molar-refractivity contribution in [3.05, 3.63) is 0 Å². The molecule has 110 valence electrons. The number of urea groups is 1. The van der Waals surface area contributed by atoms with Crippen LogP contribution in [0.2, 0.25) is 0 Å². The van der Waals surface area contributed by atoms with Crippen LogP contribution in [0.1, 0.15) is 52.9 Å². The Bertz CT molecular complexity index is 318. The highest BCUT2D eigenvalue weighted by molar-refractivity contribution is 5.75. The highest BCUT2D eigenvalue weighted by Gasteiger charge is 2.27. The van der Waals surface area contributed by atoms with E-state index in [1.165, 1.54) is 0 Å². The number of carbonyl (C=O) groups excluding carboxylic acids is 1. The van der Waals surface area contributed by atoms with E-state index in [1.54, 1.807) is 0 Å². The van der Waals surface area contributed by atoms with Gasteiger partial charge in [0.2, 0.25) is 0 Å². The summed E-state index contributed by atoms with van der Waals surface area (Å²) in [6, 6.07) is -0.0517. The Labute approximate surface area is 115 Å². The van der Waals surface area contributed by atoms with Crippen LogP contribution in [0.3, 0.4) is 0 Å². The first-order chi connectivity index (χ1) is 8.88. The lowest BCUT2D eigenvalue weighted by Gasteiger charge is -2.28. The van der Waals surface area contributed by atoms with Gasteiger partial charge in [-0.05, 0) is 38.5 Å². The van der Waals surface area contributed by atoms with Crippen LogP contribution in [0, 0.1) is 11.8 Å². The van der Waals surface area contributed by atoms with Gasteiger partial charge in [-0.3, -0.25) is 4.79 Å². The van der Waals surface area contributed by atoms with Crippen molar-refractivity contribution < 1.29 is 14.7 Å². The Kier molecular flexibility index (Phi) is 6.12. The molecule has 0 bridgehead atoms. The smallest absolute Gasteiger partial charge is 0.315 e. The predicted octanol–water partition coefficient (Wildman–Crippen LogP) is 2.36. The number of nitrogens with one attached hydrogen (secondary N) is 2. The number of carbonyl (C=O) groups is 2. The Morgan fingerprint density at radius 2 is 1.95 bits per heavy atom. The average molecular weight is 270 g/mol. The van der Waals surface area contributed by atoms with Gasteiger partial charge < -0.3 is 15.7 Å². The second-order valence-corrected chi connectivity index (χ2v) is 6.05. The molecule has 0 heterocycles. The molecule has 5 nitrogen and oxygen atoms in total. The number of amides is 2. The van der Waals surface area contributed by atoms with Crippen molar-refractivity contribution in [2.45, 2.75) is 65.0 Å². The Morgan fingerprint density at radius 3 is 2.53 bits per heavy atom. The van der Waals surface area contributed by atoms with E-state index in [0.717, 1.165) is 25.7 Å². The second-order valence-electron chi connectivity index (χ2n) is 6.05. The molecule has 0 aromatic rings. The maximum Gasteiger partial charge on any atom is 0.315 e. The van der Waals surface area contributed by atoms with E-state index in [9.17, 15) is 9.59 Å². The molecule has 0 aliphatic heterocycles. The fourth-order valence-electron chi connectivity index (χ4n) is 2.76. The van der Waals surface area contributed by atoms with E-state index >= 15 is 0 Å². The molecule has 1 fully saturated rings. The molecule has 0 spiro atoms. The number of carboxylic acids is 1. The number of carboxylic acid groups (broad SMARTS) is 1. The predicted molar refractivity (Wildman–Crippen MR) is 74.0 cm³/mol. The first kappa shape index (κ1) is 15.8. The van der Waals surface area contributed by atoms with Gasteiger partial charge in [-0.25, -0.2) is 4.79 Å². The summed E-state index contributed by atoms with van der Waals surface area (Å²) in [5.74, 6) is -0.520. The van der Waals surface area contributed by atoms with E-state index in [1.807, 2.05) is 6.92 Å². The van der Waals surface area contributed by atoms with Gasteiger partial charge in [0.05, 0.1) is 5.92 Å². The van der Waals surface area contributed by atoms with Crippen molar-refractivity contribution in [2.75, 3.05) is 0 Å². The molecular weight excluding hydrogens is 244 g/mol. The zero-order valence-electron chi connectivity index (χ0n) is 12.1. The summed E-state index contributed by atoms with van der Waals surface area (Å²) in [5, 5.41) is 14.8. The first-order valence-corrected chi connectivity index (χ1v) is 7.18. The zero-order chi connectivity index (χ0) is 14.4. The standard InChI is InChI=1S/C14H26N2O3/c1-9(2)7-10(3)15-14(19)16-12-6-4-5-11(8-12)13(17)18/h9-12H,4-8H2,1-3H3,(H,17,18)(H2,15,16,19). The SMILES string of the molecule is CC(C)CC(C)NC(=O)NC1CCCC(C(=O)O)C1. The molecule has 1 saturated carbocycles. The molecule has 1 aliphatic rings. The summed E-state index contributed by atoms with van der Waals surface area (Å²) in [6.07, 6.45) is 3.94. The third-order valence-electron chi connectivity index (χ3n) is 3.56. The van der Waals surface area contributed by atoms with Crippen molar-refractivity contribution >= 4 is 12.0 Å². The fraction of sp³-hybridized carbons (Fsp3) is 0.857. The number of rotatable bonds is 5. The zero-order valence-corrected chi connectivity index (χ0v) is 12.1. The van der Waals surface area contributed by atoms with Crippen molar-refractivity contribution in [2.24, 2.45) is 11.8 Å². The van der Waals surface area contributed by atoms with Crippen LogP contribution >= 0.6 is 0 Å². The molecule has 3 N–H and O–H groups in total. The first-order valence-electron chi connectivity index (χ1n) is 7.18. The monoisotopic (exact) mass is 270 g/mol. The Morgan fingerprint density at radius 1 is 1.26 bits per heavy atom. The van der Waals surface area contributed by atoms with Crippen molar-refractivity contribution in [3.63, 3.8) is 0 Å². The molecule has 0 radical (unpaired) electrons. The Balaban J connectivity index is 2.33. The van der Waals surface area contributed by atoms with E-state index in [-0.39, 0.29) is 24.0 Å². The lowest BCUT2D eigenvalue weighted by atomic mass is 9.86. The summed E-state index contributed by atoms with van der Waals surface area (Å²) in [7, 11) is 0. The number of hydrogen-bond donors (Lipinski definition) is 3. The minimum absolute atomic E-state index is 0.0129. The van der Waals surface area contributed by atoms with E-state index in [4.69, 9.17) is 5.11 Å². The lowest BCUT2D eigenvalue weighted by Crippen LogP contribution is -2.47. The summed E-state index contributed by atoms with van der Waals surface area (Å²) >= 11 is 0. The quantitative estimate of drug-likeness (QED) is 0.717. The fourth-order valence-corrected chi connectivity index (χ4v) is 2.76. The molecule has 0 saturated heterocycles. The van der Waals surface area contributed by atoms with E-state index in [0.29, 0.717) is 12.3 Å². The van der Waals surface area contributed by atoms with Crippen LogP contribution in [0.4, 0.5) is 4.79 Å². The molecule has 1 aliphatic carbocycles. The summed E-state index contributed by atoms with van der Waals surface area (Å²) in [6.45, 7) is 6.23. The molecule has 3 unspecified atom stereocenters. The number of aliphatic carboxylic acids is 1. The van der Waals surface area contributed by atoms with Crippen LogP contribution < -0.4 is 10.6 Å². The molecule has 2 amide bonds. The van der Waals surface area contributed by atoms with Crippen LogP contribution in [0.5, 0.6) is 0 Å². The van der Waals surface area contributed by atoms with Crippen molar-refractivity contribution in [3.8, 4) is 0 Å². The number of hydrogen-bond acceptors (Lipinski definition) is 2. The second kappa shape index (κ2) is 7.36. The van der Waals surface area contributed by atoms with Gasteiger partial charge in [0.1, 0.15) is 0 Å². The normalized spacial score (nSPS) is 24.8. The van der Waals surface area contributed by atoms with Gasteiger partial charge in [0.25, 0.3) is 0 Å². The van der Waals surface area contributed by atoms with Crippen molar-refractivity contribution in [1.29, 1.82) is 0 Å². The van der Waals surface area contributed by atoms with E-state index in [2.05, 4.69) is 24.5 Å². The molecule has 0 aromatic heterocycles. The molecule has 0 aromatic carbocycles. The molecule has 19 heavy (non-hydrogen) atoms. The molecular formula is C14H26N2O3. The summed E-state index contributed by atoms with van der Waals surface area (Å²) in [5.41, 5.74) is 0. The minimum atomic E-state index is -0.750. The third-order valence-corrected chi connectivity index (χ3v) is 3.56. The van der Waals surface area contributed by atoms with Crippen molar-refractivity contribution in [1.82, 2.24) is 10.6 Å². The Hall–Kier alpha value is -1.26. The molecule has 1 rings (SSSR count). The largest absolute Gasteiger partial charge is 0.481 e. The highest BCUT2D eigenvalue weighted by atomic mass is 16.4. The topological polar surface area (TPSA) is 78.4 Å². The highest BCUT2D eigenvalue weighted by Crippen LogP contribution is 2.24. The summed E-state index contributed by atoms with van der Waals surface area (Å²) in [4.78, 5) is 22.8. The average Bonchev–Trinajstić information content (AvgIpc) is 2.27. The van der Waals surface area contributed by atoms with Gasteiger partial charge in [-0.1, -0.05) is 20.3 Å². The van der Waals surface area contributed by atoms with E-state index < -0.39 is 5.97 Å². The van der Waals surface area contributed by atoms with Crippen LogP contribution in [0.15, 0.2) is 0 Å². The van der Waals surface area contributed by atoms with Crippen LogP contribution in [-0.2, 0) is 4.79 Å². The van der Waals surface area contributed by atoms with Gasteiger partial charge in [0.15, 0.2) is 0 Å². The summed E-state index contributed by atoms with van der Waals surface area (Å²) < 4.78 is 0. The molecule has 5 heteroatoms.